The second-order valence-electron chi connectivity index (χ2n) is 6.60. The van der Waals surface area contributed by atoms with Crippen LogP contribution in [0.2, 0.25) is 0 Å². The summed E-state index contributed by atoms with van der Waals surface area (Å²) >= 11 is 0. The van der Waals surface area contributed by atoms with Crippen molar-refractivity contribution in [2.75, 3.05) is 17.6 Å². The van der Waals surface area contributed by atoms with Gasteiger partial charge in [-0.05, 0) is 61.9 Å². The van der Waals surface area contributed by atoms with E-state index < -0.39 is 0 Å². The third kappa shape index (κ3) is 5.09. The second-order valence-corrected chi connectivity index (χ2v) is 6.60. The molecular weight excluding hydrogens is 324 g/mol. The molecule has 1 aromatic heterocycles. The van der Waals surface area contributed by atoms with Crippen molar-refractivity contribution in [1.82, 2.24) is 10.3 Å². The van der Waals surface area contributed by atoms with Crippen molar-refractivity contribution < 1.29 is 4.79 Å². The van der Waals surface area contributed by atoms with Gasteiger partial charge >= 0.3 is 0 Å². The SMILES string of the molecule is Nc1cc(CNc2ccccc2C(=O)NCCC2=CCCCC2)ccn1. The number of allylic oxidation sites excluding steroid dienone is 1. The lowest BCUT2D eigenvalue weighted by atomic mass is 9.97. The summed E-state index contributed by atoms with van der Waals surface area (Å²) in [5.41, 5.74) is 9.69. The number of nitrogens with zero attached hydrogens (tertiary/aromatic N) is 1. The number of carbonyl (C=O) groups is 1. The number of carbonyl (C=O) groups excluding carboxylic acids is 1. The number of amides is 1. The van der Waals surface area contributed by atoms with Crippen molar-refractivity contribution >= 4 is 17.4 Å². The molecule has 1 aliphatic rings. The number of rotatable bonds is 7. The maximum atomic E-state index is 12.6. The van der Waals surface area contributed by atoms with E-state index in [1.807, 2.05) is 36.4 Å². The first kappa shape index (κ1) is 18.0. The van der Waals surface area contributed by atoms with Gasteiger partial charge in [-0.25, -0.2) is 4.98 Å². The zero-order valence-corrected chi connectivity index (χ0v) is 15.0. The van der Waals surface area contributed by atoms with Crippen LogP contribution in [0.5, 0.6) is 0 Å². The fourth-order valence-electron chi connectivity index (χ4n) is 3.20. The summed E-state index contributed by atoms with van der Waals surface area (Å²) in [4.78, 5) is 16.6. The number of nitrogens with two attached hydrogens (primary N) is 1. The fourth-order valence-corrected chi connectivity index (χ4v) is 3.20. The van der Waals surface area contributed by atoms with Crippen LogP contribution in [0.4, 0.5) is 11.5 Å². The lowest BCUT2D eigenvalue weighted by molar-refractivity contribution is 0.0955. The van der Waals surface area contributed by atoms with Crippen LogP contribution in [-0.4, -0.2) is 17.4 Å². The minimum absolute atomic E-state index is 0.0428. The Morgan fingerprint density at radius 3 is 2.88 bits per heavy atom. The number of nitrogens with one attached hydrogen (secondary N) is 2. The monoisotopic (exact) mass is 350 g/mol. The zero-order chi connectivity index (χ0) is 18.2. The highest BCUT2D eigenvalue weighted by atomic mass is 16.1. The highest BCUT2D eigenvalue weighted by molar-refractivity contribution is 5.99. The van der Waals surface area contributed by atoms with E-state index in [0.717, 1.165) is 17.7 Å². The van der Waals surface area contributed by atoms with Gasteiger partial charge in [-0.2, -0.15) is 0 Å². The molecule has 136 valence electrons. The third-order valence-electron chi connectivity index (χ3n) is 4.62. The number of anilines is 2. The minimum atomic E-state index is -0.0428. The van der Waals surface area contributed by atoms with Gasteiger partial charge in [0.15, 0.2) is 0 Å². The molecule has 0 bridgehead atoms. The summed E-state index contributed by atoms with van der Waals surface area (Å²) in [6, 6.07) is 11.3. The standard InChI is InChI=1S/C21H26N4O/c22-20-14-17(11-12-23-20)15-25-19-9-5-4-8-18(19)21(26)24-13-10-16-6-2-1-3-7-16/h4-6,8-9,11-12,14,25H,1-3,7,10,13,15H2,(H2,22,23)(H,24,26). The molecule has 5 heteroatoms. The molecule has 1 heterocycles. The van der Waals surface area contributed by atoms with Gasteiger partial charge in [-0.15, -0.1) is 0 Å². The Morgan fingerprint density at radius 2 is 2.08 bits per heavy atom. The molecule has 0 aliphatic heterocycles. The van der Waals surface area contributed by atoms with Crippen LogP contribution in [0, 0.1) is 0 Å². The Balaban J connectivity index is 1.57. The number of aromatic nitrogens is 1. The Labute approximate surface area is 154 Å². The third-order valence-corrected chi connectivity index (χ3v) is 4.62. The average molecular weight is 350 g/mol. The van der Waals surface area contributed by atoms with Crippen LogP contribution >= 0.6 is 0 Å². The predicted octanol–water partition coefficient (Wildman–Crippen LogP) is 3.90. The molecule has 0 atom stereocenters. The van der Waals surface area contributed by atoms with Crippen molar-refractivity contribution in [3.05, 3.63) is 65.4 Å². The first-order chi connectivity index (χ1) is 12.7. The quantitative estimate of drug-likeness (QED) is 0.662. The number of pyridine rings is 1. The van der Waals surface area contributed by atoms with E-state index in [1.165, 1.54) is 31.3 Å². The molecule has 26 heavy (non-hydrogen) atoms. The van der Waals surface area contributed by atoms with Crippen LogP contribution in [0.3, 0.4) is 0 Å². The molecule has 5 nitrogen and oxygen atoms in total. The van der Waals surface area contributed by atoms with E-state index in [2.05, 4.69) is 21.7 Å². The lowest BCUT2D eigenvalue weighted by Gasteiger charge is -2.14. The van der Waals surface area contributed by atoms with Crippen LogP contribution < -0.4 is 16.4 Å². The summed E-state index contributed by atoms with van der Waals surface area (Å²) in [7, 11) is 0. The maximum Gasteiger partial charge on any atom is 0.253 e. The zero-order valence-electron chi connectivity index (χ0n) is 15.0. The van der Waals surface area contributed by atoms with Crippen LogP contribution in [0.25, 0.3) is 0 Å². The fraction of sp³-hybridized carbons (Fsp3) is 0.333. The van der Waals surface area contributed by atoms with E-state index in [9.17, 15) is 4.79 Å². The molecule has 4 N–H and O–H groups in total. The van der Waals surface area contributed by atoms with E-state index >= 15 is 0 Å². The molecule has 0 saturated heterocycles. The van der Waals surface area contributed by atoms with Crippen molar-refractivity contribution in [2.45, 2.75) is 38.6 Å². The Bertz CT molecular complexity index is 785. The molecule has 1 amide bonds. The normalized spacial score (nSPS) is 13.8. The number of hydrogen-bond acceptors (Lipinski definition) is 4. The number of nitrogen functional groups attached to an aromatic ring is 1. The summed E-state index contributed by atoms with van der Waals surface area (Å²) in [6.07, 6.45) is 9.86. The van der Waals surface area contributed by atoms with Gasteiger partial charge in [-0.1, -0.05) is 23.8 Å². The Kier molecular flexibility index (Phi) is 6.25. The van der Waals surface area contributed by atoms with Crippen LogP contribution in [0.15, 0.2) is 54.2 Å². The molecule has 1 aliphatic carbocycles. The average Bonchev–Trinajstić information content (AvgIpc) is 2.67. The van der Waals surface area contributed by atoms with Gasteiger partial charge in [0.05, 0.1) is 5.56 Å². The predicted molar refractivity (Wildman–Crippen MR) is 106 cm³/mol. The molecular formula is C21H26N4O. The van der Waals surface area contributed by atoms with Gasteiger partial charge in [-0.3, -0.25) is 4.79 Å². The highest BCUT2D eigenvalue weighted by Crippen LogP contribution is 2.20. The largest absolute Gasteiger partial charge is 0.384 e. The Hall–Kier alpha value is -2.82. The molecule has 1 aromatic carbocycles. The van der Waals surface area contributed by atoms with Gasteiger partial charge < -0.3 is 16.4 Å². The highest BCUT2D eigenvalue weighted by Gasteiger charge is 2.11. The van der Waals surface area contributed by atoms with Gasteiger partial charge in [0, 0.05) is 25.0 Å². The minimum Gasteiger partial charge on any atom is -0.384 e. The van der Waals surface area contributed by atoms with Gasteiger partial charge in [0.2, 0.25) is 0 Å². The summed E-state index contributed by atoms with van der Waals surface area (Å²) in [6.45, 7) is 1.27. The van der Waals surface area contributed by atoms with Crippen LogP contribution in [-0.2, 0) is 6.54 Å². The smallest absolute Gasteiger partial charge is 0.253 e. The maximum absolute atomic E-state index is 12.6. The first-order valence-corrected chi connectivity index (χ1v) is 9.22. The number of hydrogen-bond donors (Lipinski definition) is 3. The van der Waals surface area contributed by atoms with Crippen molar-refractivity contribution in [1.29, 1.82) is 0 Å². The molecule has 0 saturated carbocycles. The summed E-state index contributed by atoms with van der Waals surface area (Å²) < 4.78 is 0. The molecule has 0 fully saturated rings. The number of para-hydroxylation sites is 1. The number of benzene rings is 1. The van der Waals surface area contributed by atoms with E-state index in [0.29, 0.717) is 24.5 Å². The van der Waals surface area contributed by atoms with Gasteiger partial charge in [0.25, 0.3) is 5.91 Å². The van der Waals surface area contributed by atoms with Crippen LogP contribution in [0.1, 0.15) is 48.0 Å². The molecule has 0 radical (unpaired) electrons. The molecule has 0 spiro atoms. The van der Waals surface area contributed by atoms with Crippen molar-refractivity contribution in [2.24, 2.45) is 0 Å². The molecule has 3 rings (SSSR count). The molecule has 2 aromatic rings. The molecule has 0 unspecified atom stereocenters. The van der Waals surface area contributed by atoms with Gasteiger partial charge in [0.1, 0.15) is 5.82 Å². The Morgan fingerprint density at radius 1 is 1.19 bits per heavy atom. The topological polar surface area (TPSA) is 80.0 Å². The second kappa shape index (κ2) is 9.04. The summed E-state index contributed by atoms with van der Waals surface area (Å²) in [5.74, 6) is 0.450. The van der Waals surface area contributed by atoms with Crippen molar-refractivity contribution in [3.8, 4) is 0 Å². The van der Waals surface area contributed by atoms with Crippen molar-refractivity contribution in [3.63, 3.8) is 0 Å². The first-order valence-electron chi connectivity index (χ1n) is 9.22. The summed E-state index contributed by atoms with van der Waals surface area (Å²) in [5, 5.41) is 6.37. The lowest BCUT2D eigenvalue weighted by Crippen LogP contribution is -2.25. The van der Waals surface area contributed by atoms with E-state index in [1.54, 1.807) is 6.20 Å². The van der Waals surface area contributed by atoms with E-state index in [-0.39, 0.29) is 5.91 Å². The van der Waals surface area contributed by atoms with E-state index in [4.69, 9.17) is 5.73 Å².